The summed E-state index contributed by atoms with van der Waals surface area (Å²) in [5.41, 5.74) is 5.89. The van der Waals surface area contributed by atoms with Crippen molar-refractivity contribution in [3.63, 3.8) is 0 Å². The number of nitrogens with zero attached hydrogens (tertiary/aromatic N) is 2. The number of hydrogen-bond acceptors (Lipinski definition) is 6. The summed E-state index contributed by atoms with van der Waals surface area (Å²) in [7, 11) is 1.33. The molecular weight excluding hydrogens is 517 g/mol. The minimum absolute atomic E-state index is 0.00612. The van der Waals surface area contributed by atoms with Crippen molar-refractivity contribution in [1.29, 1.82) is 0 Å². The number of carbonyl (C=O) groups excluding carboxylic acids is 1. The fraction of sp³-hybridized carbons (Fsp3) is 0.174. The molecule has 4 aromatic rings. The zero-order valence-corrected chi connectivity index (χ0v) is 19.3. The molecule has 2 aromatic carbocycles. The molecule has 0 radical (unpaired) electrons. The second kappa shape index (κ2) is 9.43. The van der Waals surface area contributed by atoms with Gasteiger partial charge in [0.25, 0.3) is 5.91 Å². The van der Waals surface area contributed by atoms with Crippen LogP contribution < -0.4 is 15.8 Å². The minimum Gasteiger partial charge on any atom is -0.494 e. The van der Waals surface area contributed by atoms with Gasteiger partial charge in [-0.25, -0.2) is 9.97 Å². The first kappa shape index (κ1) is 23.7. The Balaban J connectivity index is 1.72. The Labute approximate surface area is 200 Å². The number of nitrogens with two attached hydrogens (primary N) is 1. The van der Waals surface area contributed by atoms with Crippen LogP contribution >= 0.6 is 15.9 Å². The van der Waals surface area contributed by atoms with Gasteiger partial charge in [0.2, 0.25) is 5.89 Å². The van der Waals surface area contributed by atoms with E-state index in [-0.39, 0.29) is 41.7 Å². The highest BCUT2D eigenvalue weighted by atomic mass is 79.9. The normalized spacial score (nSPS) is 11.6. The predicted octanol–water partition coefficient (Wildman–Crippen LogP) is 5.07. The second-order valence-corrected chi connectivity index (χ2v) is 8.03. The van der Waals surface area contributed by atoms with Gasteiger partial charge in [-0.2, -0.15) is 13.2 Å². The number of amides is 1. The van der Waals surface area contributed by atoms with Crippen molar-refractivity contribution >= 4 is 32.7 Å². The summed E-state index contributed by atoms with van der Waals surface area (Å²) in [6.45, 7) is 0.136. The zero-order valence-electron chi connectivity index (χ0n) is 17.7. The van der Waals surface area contributed by atoms with E-state index in [9.17, 15) is 18.0 Å². The van der Waals surface area contributed by atoms with Gasteiger partial charge in [-0.1, -0.05) is 34.1 Å². The first-order chi connectivity index (χ1) is 16.2. The van der Waals surface area contributed by atoms with Crippen LogP contribution in [-0.2, 0) is 19.3 Å². The van der Waals surface area contributed by atoms with Gasteiger partial charge < -0.3 is 20.2 Å². The number of rotatable bonds is 6. The van der Waals surface area contributed by atoms with Gasteiger partial charge in [-0.15, -0.1) is 0 Å². The molecule has 0 aliphatic carbocycles. The SMILES string of the molecule is COc1ccc(-c2nc(C(=O)NCc3ccccc3Br)c(CN)o2)c2ccc(C(F)(F)F)nc12. The number of alkyl halides is 3. The number of oxazole rings is 1. The maximum atomic E-state index is 13.2. The van der Waals surface area contributed by atoms with E-state index < -0.39 is 17.8 Å². The number of ether oxygens (including phenoxy) is 1. The maximum Gasteiger partial charge on any atom is 0.433 e. The first-order valence-electron chi connectivity index (χ1n) is 9.99. The van der Waals surface area contributed by atoms with Gasteiger partial charge in [-0.3, -0.25) is 4.79 Å². The first-order valence-corrected chi connectivity index (χ1v) is 10.8. The second-order valence-electron chi connectivity index (χ2n) is 7.17. The number of hydrogen-bond donors (Lipinski definition) is 2. The van der Waals surface area contributed by atoms with Crippen molar-refractivity contribution in [3.05, 3.63) is 75.7 Å². The third-order valence-electron chi connectivity index (χ3n) is 5.06. The summed E-state index contributed by atoms with van der Waals surface area (Å²) in [5.74, 6) is -0.174. The lowest BCUT2D eigenvalue weighted by molar-refractivity contribution is -0.140. The van der Waals surface area contributed by atoms with E-state index in [4.69, 9.17) is 14.9 Å². The number of nitrogens with one attached hydrogen (secondary N) is 1. The van der Waals surface area contributed by atoms with Gasteiger partial charge in [0, 0.05) is 22.0 Å². The van der Waals surface area contributed by atoms with Crippen LogP contribution in [0.3, 0.4) is 0 Å². The van der Waals surface area contributed by atoms with Crippen LogP contribution in [0.4, 0.5) is 13.2 Å². The van der Waals surface area contributed by atoms with Gasteiger partial charge >= 0.3 is 6.18 Å². The van der Waals surface area contributed by atoms with Crippen LogP contribution in [0.5, 0.6) is 5.75 Å². The van der Waals surface area contributed by atoms with E-state index in [1.807, 2.05) is 24.3 Å². The molecule has 0 fully saturated rings. The molecule has 34 heavy (non-hydrogen) atoms. The van der Waals surface area contributed by atoms with Crippen molar-refractivity contribution in [3.8, 4) is 17.2 Å². The van der Waals surface area contributed by atoms with E-state index in [0.29, 0.717) is 10.9 Å². The molecule has 0 bridgehead atoms. The van der Waals surface area contributed by atoms with Crippen molar-refractivity contribution in [1.82, 2.24) is 15.3 Å². The third-order valence-corrected chi connectivity index (χ3v) is 5.83. The number of carbonyl (C=O) groups is 1. The fourth-order valence-electron chi connectivity index (χ4n) is 3.38. The molecule has 7 nitrogen and oxygen atoms in total. The fourth-order valence-corrected chi connectivity index (χ4v) is 3.81. The largest absolute Gasteiger partial charge is 0.494 e. The smallest absolute Gasteiger partial charge is 0.433 e. The molecule has 0 aliphatic rings. The lowest BCUT2D eigenvalue weighted by atomic mass is 10.1. The summed E-state index contributed by atoms with van der Waals surface area (Å²) in [6, 6.07) is 12.6. The van der Waals surface area contributed by atoms with Crippen LogP contribution in [0.2, 0.25) is 0 Å². The summed E-state index contributed by atoms with van der Waals surface area (Å²) < 4.78 is 51.3. The molecule has 11 heteroatoms. The number of fused-ring (bicyclic) bond motifs is 1. The Morgan fingerprint density at radius 2 is 1.91 bits per heavy atom. The van der Waals surface area contributed by atoms with E-state index in [2.05, 4.69) is 31.2 Å². The maximum absolute atomic E-state index is 13.2. The van der Waals surface area contributed by atoms with Crippen molar-refractivity contribution in [2.75, 3.05) is 7.11 Å². The number of methoxy groups -OCH3 is 1. The van der Waals surface area contributed by atoms with Gasteiger partial charge in [0.05, 0.1) is 13.7 Å². The average Bonchev–Trinajstić information content (AvgIpc) is 3.26. The summed E-state index contributed by atoms with van der Waals surface area (Å²) in [4.78, 5) is 20.8. The van der Waals surface area contributed by atoms with Crippen molar-refractivity contribution < 1.29 is 27.1 Å². The molecule has 0 aliphatic heterocycles. The molecule has 0 unspecified atom stereocenters. The molecule has 0 atom stereocenters. The Morgan fingerprint density at radius 1 is 1.15 bits per heavy atom. The van der Waals surface area contributed by atoms with Crippen LogP contribution in [0.15, 0.2) is 57.4 Å². The number of benzene rings is 2. The van der Waals surface area contributed by atoms with Crippen molar-refractivity contribution in [2.45, 2.75) is 19.3 Å². The minimum atomic E-state index is -4.62. The summed E-state index contributed by atoms with van der Waals surface area (Å²) >= 11 is 3.43. The number of halogens is 4. The standard InChI is InChI=1S/C23H18BrF3N4O3/c1-33-16-8-6-14(13-7-9-18(23(25,26)27)30-19(13)16)22-31-20(17(10-28)34-22)21(32)29-11-12-4-2-3-5-15(12)24/h2-9H,10-11,28H2,1H3,(H,29,32). The number of pyridine rings is 1. The zero-order chi connectivity index (χ0) is 24.5. The monoisotopic (exact) mass is 534 g/mol. The molecular formula is C23H18BrF3N4O3. The highest BCUT2D eigenvalue weighted by Gasteiger charge is 2.33. The van der Waals surface area contributed by atoms with Crippen LogP contribution in [-0.4, -0.2) is 23.0 Å². The van der Waals surface area contributed by atoms with Gasteiger partial charge in [0.15, 0.2) is 11.5 Å². The predicted molar refractivity (Wildman–Crippen MR) is 122 cm³/mol. The Bertz CT molecular complexity index is 1370. The number of aromatic nitrogens is 2. The van der Waals surface area contributed by atoms with E-state index in [0.717, 1.165) is 16.1 Å². The topological polar surface area (TPSA) is 103 Å². The molecule has 0 saturated carbocycles. The van der Waals surface area contributed by atoms with Gasteiger partial charge in [-0.05, 0) is 35.9 Å². The van der Waals surface area contributed by atoms with E-state index in [1.54, 1.807) is 6.07 Å². The molecule has 3 N–H and O–H groups in total. The Hall–Kier alpha value is -3.44. The van der Waals surface area contributed by atoms with Gasteiger partial charge in [0.1, 0.15) is 17.0 Å². The van der Waals surface area contributed by atoms with Crippen molar-refractivity contribution in [2.24, 2.45) is 5.73 Å². The summed E-state index contributed by atoms with van der Waals surface area (Å²) in [5, 5.41) is 3.09. The van der Waals surface area contributed by atoms with Crippen LogP contribution in [0.25, 0.3) is 22.4 Å². The Kier molecular flexibility index (Phi) is 6.58. The average molecular weight is 535 g/mol. The van der Waals surface area contributed by atoms with Crippen LogP contribution in [0.1, 0.15) is 27.5 Å². The van der Waals surface area contributed by atoms with E-state index in [1.165, 1.54) is 19.2 Å². The molecule has 1 amide bonds. The van der Waals surface area contributed by atoms with Crippen LogP contribution in [0, 0.1) is 0 Å². The molecule has 4 rings (SSSR count). The molecule has 176 valence electrons. The lowest BCUT2D eigenvalue weighted by Gasteiger charge is -2.11. The highest BCUT2D eigenvalue weighted by molar-refractivity contribution is 9.10. The quantitative estimate of drug-likeness (QED) is 0.358. The Morgan fingerprint density at radius 3 is 2.59 bits per heavy atom. The summed E-state index contributed by atoms with van der Waals surface area (Å²) in [6.07, 6.45) is -4.62. The third kappa shape index (κ3) is 4.62. The molecule has 0 saturated heterocycles. The molecule has 2 aromatic heterocycles. The molecule has 2 heterocycles. The van der Waals surface area contributed by atoms with E-state index >= 15 is 0 Å². The highest BCUT2D eigenvalue weighted by Crippen LogP contribution is 2.37. The lowest BCUT2D eigenvalue weighted by Crippen LogP contribution is -2.24. The molecule has 0 spiro atoms.